The fourth-order valence-electron chi connectivity index (χ4n) is 2.25. The van der Waals surface area contributed by atoms with Crippen molar-refractivity contribution in [2.24, 2.45) is 0 Å². The van der Waals surface area contributed by atoms with Crippen molar-refractivity contribution in [3.63, 3.8) is 0 Å². The van der Waals surface area contributed by atoms with Crippen LogP contribution in [0, 0.1) is 0 Å². The predicted octanol–water partition coefficient (Wildman–Crippen LogP) is 2.87. The van der Waals surface area contributed by atoms with Crippen LogP contribution in [0.5, 0.6) is 0 Å². The first-order valence-corrected chi connectivity index (χ1v) is 5.86. The summed E-state index contributed by atoms with van der Waals surface area (Å²) in [7, 11) is 0. The highest BCUT2D eigenvalue weighted by Gasteiger charge is 2.22. The quantitative estimate of drug-likeness (QED) is 0.749. The number of rotatable bonds is 1. The van der Waals surface area contributed by atoms with Gasteiger partial charge >= 0.3 is 0 Å². The Hall–Kier alpha value is -1.90. The molecule has 0 atom stereocenters. The molecule has 0 radical (unpaired) electrons. The van der Waals surface area contributed by atoms with Crippen molar-refractivity contribution in [1.82, 2.24) is 9.55 Å². The molecule has 0 spiro atoms. The third-order valence-corrected chi connectivity index (χ3v) is 3.26. The van der Waals surface area contributed by atoms with Gasteiger partial charge in [0.2, 0.25) is 5.91 Å². The van der Waals surface area contributed by atoms with Gasteiger partial charge in [-0.1, -0.05) is 19.9 Å². The molecule has 3 rings (SSSR count). The third-order valence-electron chi connectivity index (χ3n) is 3.26. The Morgan fingerprint density at radius 3 is 3.00 bits per heavy atom. The highest BCUT2D eigenvalue weighted by molar-refractivity contribution is 5.90. The number of carbonyl (C=O) groups excluding carboxylic acids is 1. The molecule has 1 aliphatic heterocycles. The first kappa shape index (κ1) is 10.3. The minimum Gasteiger partial charge on any atom is -0.285 e. The first-order valence-electron chi connectivity index (χ1n) is 5.86. The number of pyridine rings is 1. The second-order valence-corrected chi connectivity index (χ2v) is 4.77. The van der Waals surface area contributed by atoms with Crippen molar-refractivity contribution >= 4 is 5.91 Å². The summed E-state index contributed by atoms with van der Waals surface area (Å²) in [5.41, 5.74) is 4.09. The van der Waals surface area contributed by atoms with Gasteiger partial charge in [0.15, 0.2) is 0 Å². The maximum atomic E-state index is 11.9. The van der Waals surface area contributed by atoms with Crippen molar-refractivity contribution in [2.45, 2.75) is 26.2 Å². The fraction of sp³-hybridized carbons (Fsp3) is 0.286. The number of fused-ring (bicyclic) bond motifs is 3. The molecule has 0 aromatic carbocycles. The predicted molar refractivity (Wildman–Crippen MR) is 66.1 cm³/mol. The van der Waals surface area contributed by atoms with E-state index in [1.165, 1.54) is 5.56 Å². The Morgan fingerprint density at radius 1 is 1.41 bits per heavy atom. The van der Waals surface area contributed by atoms with Gasteiger partial charge in [-0.3, -0.25) is 14.3 Å². The Labute approximate surface area is 100 Å². The second kappa shape index (κ2) is 3.55. The third kappa shape index (κ3) is 1.50. The van der Waals surface area contributed by atoms with Crippen LogP contribution in [0.3, 0.4) is 0 Å². The van der Waals surface area contributed by atoms with Gasteiger partial charge in [0.05, 0.1) is 17.8 Å². The van der Waals surface area contributed by atoms with Crippen LogP contribution in [0.15, 0.2) is 30.6 Å². The van der Waals surface area contributed by atoms with E-state index in [-0.39, 0.29) is 5.91 Å². The van der Waals surface area contributed by atoms with Gasteiger partial charge in [0.1, 0.15) is 0 Å². The maximum Gasteiger partial charge on any atom is 0.235 e. The van der Waals surface area contributed by atoms with Crippen LogP contribution in [-0.4, -0.2) is 15.5 Å². The molecule has 0 bridgehead atoms. The highest BCUT2D eigenvalue weighted by Crippen LogP contribution is 2.29. The lowest BCUT2D eigenvalue weighted by Crippen LogP contribution is -2.20. The Kier molecular flexibility index (Phi) is 2.15. The summed E-state index contributed by atoms with van der Waals surface area (Å²) in [6.45, 7) is 4.27. The zero-order chi connectivity index (χ0) is 12.0. The van der Waals surface area contributed by atoms with Gasteiger partial charge in [-0.15, -0.1) is 0 Å². The summed E-state index contributed by atoms with van der Waals surface area (Å²) in [6.07, 6.45) is 4.17. The van der Waals surface area contributed by atoms with E-state index >= 15 is 0 Å². The number of aromatic nitrogens is 2. The van der Waals surface area contributed by atoms with E-state index in [4.69, 9.17) is 0 Å². The van der Waals surface area contributed by atoms with Gasteiger partial charge in [-0.25, -0.2) is 0 Å². The average molecular weight is 226 g/mol. The monoisotopic (exact) mass is 226 g/mol. The molecule has 0 unspecified atom stereocenters. The standard InChI is InChI=1S/C14H14N2O/c1-9(2)11-6-10-7-13(17)16-5-3-4-12(16)14(10)15-8-11/h3-6,8-9H,7H2,1-2H3. The van der Waals surface area contributed by atoms with Gasteiger partial charge in [0.25, 0.3) is 0 Å². The van der Waals surface area contributed by atoms with Gasteiger partial charge < -0.3 is 0 Å². The summed E-state index contributed by atoms with van der Waals surface area (Å²) >= 11 is 0. The molecule has 17 heavy (non-hydrogen) atoms. The molecular weight excluding hydrogens is 212 g/mol. The lowest BCUT2D eigenvalue weighted by Gasteiger charge is -2.18. The Morgan fingerprint density at radius 2 is 2.24 bits per heavy atom. The van der Waals surface area contributed by atoms with Gasteiger partial charge in [-0.2, -0.15) is 0 Å². The number of hydrogen-bond acceptors (Lipinski definition) is 2. The zero-order valence-electron chi connectivity index (χ0n) is 9.97. The van der Waals surface area contributed by atoms with Crippen molar-refractivity contribution in [1.29, 1.82) is 0 Å². The molecule has 0 amide bonds. The molecule has 2 aromatic heterocycles. The lowest BCUT2D eigenvalue weighted by molar-refractivity contribution is 0.0913. The van der Waals surface area contributed by atoms with E-state index in [0.717, 1.165) is 17.0 Å². The molecule has 3 heterocycles. The largest absolute Gasteiger partial charge is 0.285 e. The number of nitrogens with zero attached hydrogens (tertiary/aromatic N) is 2. The van der Waals surface area contributed by atoms with Crippen LogP contribution in [0.25, 0.3) is 11.4 Å². The summed E-state index contributed by atoms with van der Waals surface area (Å²) in [6, 6.07) is 5.94. The SMILES string of the molecule is CC(C)c1cnc2c(c1)CC(=O)n1cccc1-2. The molecule has 3 heteroatoms. The molecule has 1 aliphatic rings. The van der Waals surface area contributed by atoms with Gasteiger partial charge in [-0.05, 0) is 29.2 Å². The minimum absolute atomic E-state index is 0.125. The van der Waals surface area contributed by atoms with E-state index < -0.39 is 0 Å². The average Bonchev–Trinajstić information content (AvgIpc) is 2.78. The highest BCUT2D eigenvalue weighted by atomic mass is 16.2. The van der Waals surface area contributed by atoms with E-state index in [0.29, 0.717) is 12.3 Å². The van der Waals surface area contributed by atoms with E-state index in [2.05, 4.69) is 24.9 Å². The summed E-state index contributed by atoms with van der Waals surface area (Å²) in [5.74, 6) is 0.567. The van der Waals surface area contributed by atoms with Crippen molar-refractivity contribution in [2.75, 3.05) is 0 Å². The molecule has 86 valence electrons. The fourth-order valence-corrected chi connectivity index (χ4v) is 2.25. The molecule has 0 N–H and O–H groups in total. The number of carbonyl (C=O) groups is 1. The molecular formula is C14H14N2O. The smallest absolute Gasteiger partial charge is 0.235 e. The van der Waals surface area contributed by atoms with Crippen molar-refractivity contribution < 1.29 is 4.79 Å². The molecule has 2 aromatic rings. The van der Waals surface area contributed by atoms with E-state index in [9.17, 15) is 4.79 Å². The van der Waals surface area contributed by atoms with Crippen LogP contribution < -0.4 is 0 Å². The normalized spacial score (nSPS) is 13.7. The van der Waals surface area contributed by atoms with E-state index in [1.807, 2.05) is 18.3 Å². The molecule has 0 saturated carbocycles. The first-order chi connectivity index (χ1) is 8.16. The Balaban J connectivity index is 2.19. The maximum absolute atomic E-state index is 11.9. The van der Waals surface area contributed by atoms with Crippen LogP contribution in [0.1, 0.15) is 35.7 Å². The summed E-state index contributed by atoms with van der Waals surface area (Å²) in [5, 5.41) is 0. The van der Waals surface area contributed by atoms with E-state index in [1.54, 1.807) is 10.8 Å². The topological polar surface area (TPSA) is 34.9 Å². The minimum atomic E-state index is 0.125. The van der Waals surface area contributed by atoms with Crippen molar-refractivity contribution in [3.05, 3.63) is 41.7 Å². The van der Waals surface area contributed by atoms with Crippen LogP contribution in [-0.2, 0) is 6.42 Å². The number of hydrogen-bond donors (Lipinski definition) is 0. The molecule has 0 saturated heterocycles. The molecule has 3 nitrogen and oxygen atoms in total. The van der Waals surface area contributed by atoms with Crippen molar-refractivity contribution in [3.8, 4) is 11.4 Å². The Bertz CT molecular complexity index is 596. The van der Waals surface area contributed by atoms with Crippen LogP contribution in [0.2, 0.25) is 0 Å². The zero-order valence-corrected chi connectivity index (χ0v) is 9.97. The van der Waals surface area contributed by atoms with Crippen LogP contribution in [0.4, 0.5) is 0 Å². The van der Waals surface area contributed by atoms with Crippen LogP contribution >= 0.6 is 0 Å². The molecule has 0 fully saturated rings. The van der Waals surface area contributed by atoms with Gasteiger partial charge in [0, 0.05) is 12.4 Å². The summed E-state index contributed by atoms with van der Waals surface area (Å²) in [4.78, 5) is 16.4. The summed E-state index contributed by atoms with van der Waals surface area (Å²) < 4.78 is 1.68. The second-order valence-electron chi connectivity index (χ2n) is 4.77. The lowest BCUT2D eigenvalue weighted by atomic mass is 9.97. The molecule has 0 aliphatic carbocycles.